The Morgan fingerprint density at radius 2 is 2.32 bits per heavy atom. The highest BCUT2D eigenvalue weighted by Gasteiger charge is 2.01. The monoisotopic (exact) mass is 283 g/mol. The van der Waals surface area contributed by atoms with Crippen LogP contribution in [0.15, 0.2) is 12.3 Å². The first kappa shape index (κ1) is 15.7. The number of hydrogen-bond acceptors (Lipinski definition) is 5. The van der Waals surface area contributed by atoms with Crippen molar-refractivity contribution in [2.75, 3.05) is 32.1 Å². The molecular formula is C12H21N5OS. The molecule has 0 aliphatic heterocycles. The van der Waals surface area contributed by atoms with Crippen molar-refractivity contribution < 1.29 is 4.74 Å². The predicted octanol–water partition coefficient (Wildman–Crippen LogP) is 0.691. The number of nitrogens with two attached hydrogens (primary N) is 1. The average molecular weight is 283 g/mol. The van der Waals surface area contributed by atoms with Crippen molar-refractivity contribution in [3.8, 4) is 0 Å². The van der Waals surface area contributed by atoms with Crippen LogP contribution in [0.1, 0.15) is 18.7 Å². The molecule has 106 valence electrons. The highest BCUT2D eigenvalue weighted by atomic mass is 32.1. The first-order valence-corrected chi connectivity index (χ1v) is 6.73. The minimum absolute atomic E-state index is 0.531. The standard InChI is InChI=1S/C12H21N5OS/c1-18-9-8-15-12(19)17-11-5-7-14-10(16-11)4-2-3-6-13/h5,7H,2-4,6,8-9,13H2,1H3,(H2,14,15,16,17,19). The van der Waals surface area contributed by atoms with E-state index in [9.17, 15) is 0 Å². The first-order chi connectivity index (χ1) is 9.26. The summed E-state index contributed by atoms with van der Waals surface area (Å²) < 4.78 is 4.93. The number of aromatic nitrogens is 2. The highest BCUT2D eigenvalue weighted by Crippen LogP contribution is 2.04. The van der Waals surface area contributed by atoms with Crippen molar-refractivity contribution in [3.05, 3.63) is 18.1 Å². The maximum Gasteiger partial charge on any atom is 0.172 e. The van der Waals surface area contributed by atoms with Crippen LogP contribution in [0.2, 0.25) is 0 Å². The van der Waals surface area contributed by atoms with Crippen LogP contribution in [-0.2, 0) is 11.2 Å². The smallest absolute Gasteiger partial charge is 0.172 e. The maximum atomic E-state index is 5.46. The summed E-state index contributed by atoms with van der Waals surface area (Å²) in [4.78, 5) is 8.61. The fraction of sp³-hybridized carbons (Fsp3) is 0.583. The van der Waals surface area contributed by atoms with Gasteiger partial charge in [0.2, 0.25) is 0 Å². The van der Waals surface area contributed by atoms with Crippen LogP contribution in [0.3, 0.4) is 0 Å². The SMILES string of the molecule is COCCNC(=S)Nc1ccnc(CCCCN)n1. The predicted molar refractivity (Wildman–Crippen MR) is 80.1 cm³/mol. The van der Waals surface area contributed by atoms with Gasteiger partial charge in [0.05, 0.1) is 6.61 Å². The van der Waals surface area contributed by atoms with E-state index in [1.807, 2.05) is 0 Å². The second kappa shape index (κ2) is 9.60. The van der Waals surface area contributed by atoms with Crippen LogP contribution in [0.4, 0.5) is 5.82 Å². The molecule has 0 unspecified atom stereocenters. The van der Waals surface area contributed by atoms with E-state index in [4.69, 9.17) is 22.7 Å². The first-order valence-electron chi connectivity index (χ1n) is 6.32. The molecule has 1 aromatic rings. The molecule has 0 aliphatic carbocycles. The number of nitrogens with one attached hydrogen (secondary N) is 2. The number of rotatable bonds is 8. The fourth-order valence-electron chi connectivity index (χ4n) is 1.44. The topological polar surface area (TPSA) is 85.1 Å². The largest absolute Gasteiger partial charge is 0.383 e. The molecule has 0 spiro atoms. The molecule has 1 aromatic heterocycles. The van der Waals surface area contributed by atoms with Crippen LogP contribution in [0, 0.1) is 0 Å². The van der Waals surface area contributed by atoms with E-state index in [-0.39, 0.29) is 0 Å². The molecule has 0 atom stereocenters. The summed E-state index contributed by atoms with van der Waals surface area (Å²) in [6.45, 7) is 1.97. The summed E-state index contributed by atoms with van der Waals surface area (Å²) in [6, 6.07) is 1.79. The van der Waals surface area contributed by atoms with Gasteiger partial charge in [-0.05, 0) is 37.7 Å². The van der Waals surface area contributed by atoms with Crippen molar-refractivity contribution in [2.45, 2.75) is 19.3 Å². The van der Waals surface area contributed by atoms with Crippen molar-refractivity contribution in [3.63, 3.8) is 0 Å². The van der Waals surface area contributed by atoms with E-state index in [2.05, 4.69) is 20.6 Å². The van der Waals surface area contributed by atoms with Gasteiger partial charge in [-0.1, -0.05) is 0 Å². The average Bonchev–Trinajstić information content (AvgIpc) is 2.40. The molecule has 0 amide bonds. The minimum Gasteiger partial charge on any atom is -0.383 e. The lowest BCUT2D eigenvalue weighted by molar-refractivity contribution is 0.204. The van der Waals surface area contributed by atoms with Crippen LogP contribution in [0.25, 0.3) is 0 Å². The number of ether oxygens (including phenoxy) is 1. The van der Waals surface area contributed by atoms with E-state index in [0.29, 0.717) is 30.6 Å². The third-order valence-electron chi connectivity index (χ3n) is 2.39. The summed E-state index contributed by atoms with van der Waals surface area (Å²) in [5.41, 5.74) is 5.46. The quantitative estimate of drug-likeness (QED) is 0.478. The van der Waals surface area contributed by atoms with Gasteiger partial charge in [0, 0.05) is 26.3 Å². The molecule has 19 heavy (non-hydrogen) atoms. The summed E-state index contributed by atoms with van der Waals surface area (Å²) in [7, 11) is 1.65. The number of methoxy groups -OCH3 is 1. The van der Waals surface area contributed by atoms with E-state index >= 15 is 0 Å². The Morgan fingerprint density at radius 1 is 1.47 bits per heavy atom. The molecular weight excluding hydrogens is 262 g/mol. The van der Waals surface area contributed by atoms with Crippen LogP contribution in [0.5, 0.6) is 0 Å². The summed E-state index contributed by atoms with van der Waals surface area (Å²) in [5.74, 6) is 1.51. The molecule has 0 aliphatic rings. The molecule has 0 bridgehead atoms. The molecule has 6 nitrogen and oxygen atoms in total. The third-order valence-corrected chi connectivity index (χ3v) is 2.64. The lowest BCUT2D eigenvalue weighted by atomic mass is 10.2. The highest BCUT2D eigenvalue weighted by molar-refractivity contribution is 7.80. The Labute approximate surface area is 119 Å². The molecule has 0 saturated heterocycles. The Bertz CT molecular complexity index is 388. The molecule has 0 radical (unpaired) electrons. The van der Waals surface area contributed by atoms with Crippen molar-refractivity contribution in [1.82, 2.24) is 15.3 Å². The van der Waals surface area contributed by atoms with Crippen molar-refractivity contribution >= 4 is 23.1 Å². The fourth-order valence-corrected chi connectivity index (χ4v) is 1.65. The zero-order valence-corrected chi connectivity index (χ0v) is 12.0. The molecule has 1 heterocycles. The Kier molecular flexibility index (Phi) is 7.95. The van der Waals surface area contributed by atoms with Crippen molar-refractivity contribution in [2.24, 2.45) is 5.73 Å². The number of anilines is 1. The second-order valence-corrected chi connectivity index (χ2v) is 4.39. The zero-order chi connectivity index (χ0) is 13.9. The molecule has 7 heteroatoms. The Morgan fingerprint density at radius 3 is 3.05 bits per heavy atom. The van der Waals surface area contributed by atoms with E-state index in [0.717, 1.165) is 25.1 Å². The van der Waals surface area contributed by atoms with Gasteiger partial charge in [0.25, 0.3) is 0 Å². The maximum absolute atomic E-state index is 5.46. The second-order valence-electron chi connectivity index (χ2n) is 3.98. The summed E-state index contributed by atoms with van der Waals surface area (Å²) in [6.07, 6.45) is 4.54. The Balaban J connectivity index is 2.40. The number of unbranched alkanes of at least 4 members (excludes halogenated alkanes) is 1. The van der Waals surface area contributed by atoms with Crippen LogP contribution < -0.4 is 16.4 Å². The third kappa shape index (κ3) is 7.00. The van der Waals surface area contributed by atoms with Gasteiger partial charge in [-0.2, -0.15) is 0 Å². The zero-order valence-electron chi connectivity index (χ0n) is 11.2. The lowest BCUT2D eigenvalue weighted by Gasteiger charge is -2.10. The normalized spacial score (nSPS) is 10.2. The molecule has 4 N–H and O–H groups in total. The summed E-state index contributed by atoms with van der Waals surface area (Å²) in [5, 5.41) is 6.57. The van der Waals surface area contributed by atoms with E-state index in [1.165, 1.54) is 0 Å². The molecule has 1 rings (SSSR count). The van der Waals surface area contributed by atoms with Gasteiger partial charge in [0.15, 0.2) is 5.11 Å². The molecule has 0 saturated carbocycles. The molecule has 0 fully saturated rings. The summed E-state index contributed by atoms with van der Waals surface area (Å²) >= 11 is 5.14. The van der Waals surface area contributed by atoms with Crippen LogP contribution >= 0.6 is 12.2 Å². The van der Waals surface area contributed by atoms with Gasteiger partial charge in [-0.15, -0.1) is 0 Å². The van der Waals surface area contributed by atoms with Gasteiger partial charge in [-0.3, -0.25) is 0 Å². The van der Waals surface area contributed by atoms with E-state index in [1.54, 1.807) is 19.4 Å². The minimum atomic E-state index is 0.531. The van der Waals surface area contributed by atoms with Gasteiger partial charge in [0.1, 0.15) is 11.6 Å². The number of hydrogen-bond donors (Lipinski definition) is 3. The van der Waals surface area contributed by atoms with Crippen LogP contribution in [-0.4, -0.2) is 41.9 Å². The van der Waals surface area contributed by atoms with Gasteiger partial charge in [-0.25, -0.2) is 9.97 Å². The lowest BCUT2D eigenvalue weighted by Crippen LogP contribution is -2.31. The molecule has 0 aromatic carbocycles. The van der Waals surface area contributed by atoms with Gasteiger partial charge < -0.3 is 21.1 Å². The number of nitrogens with zero attached hydrogens (tertiary/aromatic N) is 2. The van der Waals surface area contributed by atoms with Crippen molar-refractivity contribution in [1.29, 1.82) is 0 Å². The van der Waals surface area contributed by atoms with E-state index < -0.39 is 0 Å². The number of aryl methyl sites for hydroxylation is 1. The number of thiocarbonyl (C=S) groups is 1. The Hall–Kier alpha value is -1.31. The van der Waals surface area contributed by atoms with Gasteiger partial charge >= 0.3 is 0 Å².